The Morgan fingerprint density at radius 1 is 1.64 bits per heavy atom. The van der Waals surface area contributed by atoms with Gasteiger partial charge in [-0.3, -0.25) is 4.79 Å². The zero-order chi connectivity index (χ0) is 8.85. The molecule has 0 saturated carbocycles. The summed E-state index contributed by atoms with van der Waals surface area (Å²) in [5.74, 6) is -0.603. The third-order valence-electron chi connectivity index (χ3n) is 0.895. The van der Waals surface area contributed by atoms with Gasteiger partial charge in [-0.15, -0.1) is 0 Å². The van der Waals surface area contributed by atoms with Gasteiger partial charge in [0.1, 0.15) is 0 Å². The van der Waals surface area contributed by atoms with E-state index in [0.29, 0.717) is 0 Å². The molecule has 0 fully saturated rings. The summed E-state index contributed by atoms with van der Waals surface area (Å²) >= 11 is 0. The molecular formula is C7H10N2O2. The summed E-state index contributed by atoms with van der Waals surface area (Å²) in [5, 5.41) is 0. The highest BCUT2D eigenvalue weighted by Crippen LogP contribution is 1.99. The predicted octanol–water partition coefficient (Wildman–Crippen LogP) is 0.482. The second-order valence-electron chi connectivity index (χ2n) is 2.08. The van der Waals surface area contributed by atoms with Crippen molar-refractivity contribution in [3.63, 3.8) is 0 Å². The van der Waals surface area contributed by atoms with Crippen LogP contribution in [-0.2, 0) is 9.53 Å². The smallest absolute Gasteiger partial charge is 0.337 e. The zero-order valence-electron chi connectivity index (χ0n) is 6.79. The van der Waals surface area contributed by atoms with E-state index in [4.69, 9.17) is 6.57 Å². The normalized spacial score (nSPS) is 10.2. The Kier molecular flexibility index (Phi) is 3.75. The van der Waals surface area contributed by atoms with Gasteiger partial charge in [-0.25, -0.2) is 4.85 Å². The molecule has 11 heavy (non-hydrogen) atoms. The number of carbonyl (C=O) groups excluding carboxylic acids is 1. The molecule has 0 rings (SSSR count). The molecule has 0 spiro atoms. The molecule has 0 N–H and O–H groups in total. The topological polar surface area (TPSA) is 33.9 Å². The predicted molar refractivity (Wildman–Crippen MR) is 40.4 cm³/mol. The molecule has 0 radical (unpaired) electrons. The molecule has 0 aliphatic rings. The molecule has 0 unspecified atom stereocenters. The average Bonchev–Trinajstić information content (AvgIpc) is 1.98. The lowest BCUT2D eigenvalue weighted by atomic mass is 10.5. The Bertz CT molecular complexity index is 213. The Balaban J connectivity index is 4.43. The van der Waals surface area contributed by atoms with E-state index >= 15 is 0 Å². The van der Waals surface area contributed by atoms with Crippen LogP contribution >= 0.6 is 0 Å². The lowest BCUT2D eigenvalue weighted by molar-refractivity contribution is -0.135. The Morgan fingerprint density at radius 3 is 2.45 bits per heavy atom. The van der Waals surface area contributed by atoms with Crippen molar-refractivity contribution in [3.05, 3.63) is 23.3 Å². The fraction of sp³-hybridized carbons (Fsp3) is 0.429. The Morgan fingerprint density at radius 2 is 2.18 bits per heavy atom. The van der Waals surface area contributed by atoms with E-state index in [1.807, 2.05) is 0 Å². The number of ether oxygens (including phenoxy) is 1. The van der Waals surface area contributed by atoms with E-state index < -0.39 is 5.97 Å². The highest BCUT2D eigenvalue weighted by atomic mass is 16.5. The second-order valence-corrected chi connectivity index (χ2v) is 2.08. The molecule has 0 saturated heterocycles. The van der Waals surface area contributed by atoms with Crippen LogP contribution < -0.4 is 0 Å². The molecule has 0 aromatic heterocycles. The fourth-order valence-corrected chi connectivity index (χ4v) is 0.476. The molecule has 0 heterocycles. The van der Waals surface area contributed by atoms with E-state index in [0.717, 1.165) is 0 Å². The van der Waals surface area contributed by atoms with Gasteiger partial charge in [0.05, 0.1) is 13.7 Å². The molecule has 4 heteroatoms. The standard InChI is InChI=1S/C7H10N2O2/c1-8-6(5-9(2)3)7(10)11-4/h5H,2-4H3. The Labute approximate surface area is 65.9 Å². The maximum Gasteiger partial charge on any atom is 0.337 e. The summed E-state index contributed by atoms with van der Waals surface area (Å²) in [5.41, 5.74) is -0.0162. The molecule has 0 aliphatic heterocycles. The summed E-state index contributed by atoms with van der Waals surface area (Å²) in [6, 6.07) is 0. The number of methoxy groups -OCH3 is 1. The van der Waals surface area contributed by atoms with Gasteiger partial charge in [-0.2, -0.15) is 0 Å². The van der Waals surface area contributed by atoms with Gasteiger partial charge in [-0.1, -0.05) is 0 Å². The molecule has 0 atom stereocenters. The van der Waals surface area contributed by atoms with Crippen LogP contribution in [-0.4, -0.2) is 32.1 Å². The molecular weight excluding hydrogens is 144 g/mol. The number of hydrogen-bond acceptors (Lipinski definition) is 3. The molecule has 0 aliphatic carbocycles. The number of hydrogen-bond donors (Lipinski definition) is 0. The van der Waals surface area contributed by atoms with Crippen LogP contribution in [0.25, 0.3) is 4.85 Å². The van der Waals surface area contributed by atoms with Crippen molar-refractivity contribution < 1.29 is 9.53 Å². The van der Waals surface area contributed by atoms with E-state index in [9.17, 15) is 4.79 Å². The zero-order valence-corrected chi connectivity index (χ0v) is 6.79. The van der Waals surface area contributed by atoms with Gasteiger partial charge in [0, 0.05) is 20.3 Å². The molecule has 0 aromatic rings. The molecule has 60 valence electrons. The van der Waals surface area contributed by atoms with Gasteiger partial charge in [-0.05, 0) is 0 Å². The van der Waals surface area contributed by atoms with E-state index in [-0.39, 0.29) is 5.70 Å². The van der Waals surface area contributed by atoms with Crippen molar-refractivity contribution >= 4 is 5.97 Å². The number of carbonyl (C=O) groups is 1. The molecule has 0 bridgehead atoms. The minimum atomic E-state index is -0.603. The lowest BCUT2D eigenvalue weighted by Gasteiger charge is -2.04. The summed E-state index contributed by atoms with van der Waals surface area (Å²) in [4.78, 5) is 15.4. The Hall–Kier alpha value is -1.50. The summed E-state index contributed by atoms with van der Waals surface area (Å²) in [6.45, 7) is 6.62. The third kappa shape index (κ3) is 3.26. The number of nitrogens with zero attached hydrogens (tertiary/aromatic N) is 2. The number of rotatable bonds is 2. The minimum Gasteiger partial charge on any atom is -0.474 e. The molecule has 4 nitrogen and oxygen atoms in total. The first-order valence-electron chi connectivity index (χ1n) is 2.96. The van der Waals surface area contributed by atoms with Crippen LogP contribution in [0, 0.1) is 6.57 Å². The quantitative estimate of drug-likeness (QED) is 0.329. The van der Waals surface area contributed by atoms with Crippen LogP contribution in [0.2, 0.25) is 0 Å². The maximum atomic E-state index is 10.7. The van der Waals surface area contributed by atoms with Crippen molar-refractivity contribution in [1.29, 1.82) is 0 Å². The minimum absolute atomic E-state index is 0.0162. The van der Waals surface area contributed by atoms with Crippen molar-refractivity contribution in [3.8, 4) is 0 Å². The first kappa shape index (κ1) is 9.50. The fourth-order valence-electron chi connectivity index (χ4n) is 0.476. The third-order valence-corrected chi connectivity index (χ3v) is 0.895. The van der Waals surface area contributed by atoms with Gasteiger partial charge in [0.25, 0.3) is 5.70 Å². The monoisotopic (exact) mass is 154 g/mol. The second kappa shape index (κ2) is 4.34. The van der Waals surface area contributed by atoms with E-state index in [2.05, 4.69) is 9.58 Å². The summed E-state index contributed by atoms with van der Waals surface area (Å²) in [7, 11) is 4.71. The average molecular weight is 154 g/mol. The maximum absolute atomic E-state index is 10.7. The van der Waals surface area contributed by atoms with Crippen molar-refractivity contribution in [2.75, 3.05) is 21.2 Å². The first-order valence-corrected chi connectivity index (χ1v) is 2.96. The SMILES string of the molecule is [C-]#[N+]C(=CN(C)C)C(=O)OC. The van der Waals surface area contributed by atoms with Gasteiger partial charge in [0.15, 0.2) is 0 Å². The van der Waals surface area contributed by atoms with Crippen molar-refractivity contribution in [2.24, 2.45) is 0 Å². The lowest BCUT2D eigenvalue weighted by Crippen LogP contribution is -2.08. The molecule has 0 aromatic carbocycles. The largest absolute Gasteiger partial charge is 0.474 e. The van der Waals surface area contributed by atoms with E-state index in [1.54, 1.807) is 19.0 Å². The van der Waals surface area contributed by atoms with Crippen LogP contribution in [0.1, 0.15) is 0 Å². The van der Waals surface area contributed by atoms with Crippen molar-refractivity contribution in [1.82, 2.24) is 4.90 Å². The van der Waals surface area contributed by atoms with Gasteiger partial charge < -0.3 is 9.64 Å². The highest BCUT2D eigenvalue weighted by molar-refractivity contribution is 5.90. The number of esters is 1. The van der Waals surface area contributed by atoms with E-state index in [1.165, 1.54) is 13.3 Å². The van der Waals surface area contributed by atoms with Crippen molar-refractivity contribution in [2.45, 2.75) is 0 Å². The van der Waals surface area contributed by atoms with Crippen LogP contribution in [0.15, 0.2) is 11.9 Å². The first-order chi connectivity index (χ1) is 5.11. The van der Waals surface area contributed by atoms with Crippen LogP contribution in [0.4, 0.5) is 0 Å². The van der Waals surface area contributed by atoms with Crippen LogP contribution in [0.3, 0.4) is 0 Å². The van der Waals surface area contributed by atoms with Gasteiger partial charge in [0.2, 0.25) is 0 Å². The summed E-state index contributed by atoms with van der Waals surface area (Å²) < 4.78 is 4.36. The summed E-state index contributed by atoms with van der Waals surface area (Å²) in [6.07, 6.45) is 1.42. The molecule has 0 amide bonds. The highest BCUT2D eigenvalue weighted by Gasteiger charge is 2.08. The van der Waals surface area contributed by atoms with Crippen LogP contribution in [0.5, 0.6) is 0 Å². The van der Waals surface area contributed by atoms with Gasteiger partial charge >= 0.3 is 5.97 Å².